The summed E-state index contributed by atoms with van der Waals surface area (Å²) >= 11 is 0. The molecule has 3 N–H and O–H groups in total. The summed E-state index contributed by atoms with van der Waals surface area (Å²) in [6.07, 6.45) is 2.35. The number of carbonyl (C=O) groups is 2. The molecule has 35 heavy (non-hydrogen) atoms. The minimum absolute atomic E-state index is 0.161. The molecular formula is C28H24N4O3. The van der Waals surface area contributed by atoms with Crippen molar-refractivity contribution in [3.05, 3.63) is 102 Å². The number of aliphatic hydroxyl groups excluding tert-OH is 1. The van der Waals surface area contributed by atoms with E-state index in [9.17, 15) is 9.59 Å². The highest BCUT2D eigenvalue weighted by Gasteiger charge is 2.15. The summed E-state index contributed by atoms with van der Waals surface area (Å²) < 4.78 is 0. The van der Waals surface area contributed by atoms with Crippen molar-refractivity contribution < 1.29 is 14.7 Å². The Balaban J connectivity index is 0.00000141. The number of carbonyl (C=O) groups excluding carboxylic acids is 2. The fourth-order valence-corrected chi connectivity index (χ4v) is 3.86. The molecule has 0 radical (unpaired) electrons. The van der Waals surface area contributed by atoms with Crippen LogP contribution in [0.5, 0.6) is 0 Å². The number of nitrogens with one attached hydrogen (secondary N) is 2. The smallest absolute Gasteiger partial charge is 0.255 e. The van der Waals surface area contributed by atoms with Crippen LogP contribution in [0.4, 0.5) is 5.69 Å². The van der Waals surface area contributed by atoms with Gasteiger partial charge in [0.25, 0.3) is 5.91 Å². The zero-order chi connectivity index (χ0) is 24.8. The van der Waals surface area contributed by atoms with Crippen molar-refractivity contribution in [1.29, 1.82) is 0 Å². The van der Waals surface area contributed by atoms with E-state index in [1.54, 1.807) is 24.3 Å². The first-order chi connectivity index (χ1) is 17.1. The summed E-state index contributed by atoms with van der Waals surface area (Å²) in [5.41, 5.74) is 7.11. The van der Waals surface area contributed by atoms with Crippen molar-refractivity contribution in [2.45, 2.75) is 6.92 Å². The van der Waals surface area contributed by atoms with Crippen LogP contribution in [0.25, 0.3) is 33.5 Å². The molecule has 2 aromatic heterocycles. The lowest BCUT2D eigenvalue weighted by Gasteiger charge is -2.13. The number of aromatic nitrogens is 3. The SMILES string of the molecule is CO.Cc1c(NC(=O)c2ccccc2)cccc1-c1ncnc2[nH]c(-c3ccc(C=O)cc3)cc12. The lowest BCUT2D eigenvalue weighted by Crippen LogP contribution is -2.12. The second-order valence-corrected chi connectivity index (χ2v) is 7.71. The summed E-state index contributed by atoms with van der Waals surface area (Å²) in [5.74, 6) is -0.161. The van der Waals surface area contributed by atoms with Crippen molar-refractivity contribution in [2.75, 3.05) is 12.4 Å². The average Bonchev–Trinajstić information content (AvgIpc) is 3.36. The minimum atomic E-state index is -0.161. The molecule has 0 aliphatic carbocycles. The van der Waals surface area contributed by atoms with Crippen LogP contribution in [0, 0.1) is 6.92 Å². The molecule has 0 saturated heterocycles. The number of amides is 1. The molecule has 7 heteroatoms. The predicted octanol–water partition coefficient (Wildman–Crippen LogP) is 5.27. The number of anilines is 1. The lowest BCUT2D eigenvalue weighted by atomic mass is 10.0. The van der Waals surface area contributed by atoms with Crippen LogP contribution in [-0.4, -0.2) is 39.4 Å². The van der Waals surface area contributed by atoms with Crippen LogP contribution < -0.4 is 5.32 Å². The Labute approximate surface area is 202 Å². The van der Waals surface area contributed by atoms with E-state index in [4.69, 9.17) is 5.11 Å². The van der Waals surface area contributed by atoms with Crippen LogP contribution in [0.1, 0.15) is 26.3 Å². The Morgan fingerprint density at radius 2 is 1.69 bits per heavy atom. The van der Waals surface area contributed by atoms with Gasteiger partial charge in [0.15, 0.2) is 0 Å². The molecule has 7 nitrogen and oxygen atoms in total. The first kappa shape index (κ1) is 23.5. The van der Waals surface area contributed by atoms with Crippen molar-refractivity contribution in [1.82, 2.24) is 15.0 Å². The van der Waals surface area contributed by atoms with Gasteiger partial charge in [0.1, 0.15) is 18.3 Å². The molecule has 5 rings (SSSR count). The molecule has 3 aromatic carbocycles. The standard InChI is InChI=1S/C27H20N4O2.CH4O/c1-17-21(8-5-9-23(17)31-27(33)20-6-3-2-4-7-20)25-22-14-24(30-26(22)29-16-28-25)19-12-10-18(15-32)11-13-19;1-2/h2-16H,1H3,(H,31,33)(H,28,29,30);2H,1H3. The molecule has 0 aliphatic heterocycles. The van der Waals surface area contributed by atoms with Crippen LogP contribution in [0.15, 0.2) is 85.2 Å². The highest BCUT2D eigenvalue weighted by Crippen LogP contribution is 2.34. The molecule has 0 aliphatic rings. The topological polar surface area (TPSA) is 108 Å². The van der Waals surface area contributed by atoms with Crippen molar-refractivity contribution in [3.63, 3.8) is 0 Å². The maximum Gasteiger partial charge on any atom is 0.255 e. The third-order valence-electron chi connectivity index (χ3n) is 5.66. The molecule has 0 spiro atoms. The van der Waals surface area contributed by atoms with Crippen molar-refractivity contribution >= 4 is 28.9 Å². The Hall–Kier alpha value is -4.62. The van der Waals surface area contributed by atoms with Crippen molar-refractivity contribution in [2.24, 2.45) is 0 Å². The normalized spacial score (nSPS) is 10.4. The van der Waals surface area contributed by atoms with Gasteiger partial charge in [0.2, 0.25) is 0 Å². The van der Waals surface area contributed by atoms with E-state index in [0.717, 1.165) is 52.5 Å². The Kier molecular flexibility index (Phi) is 7.09. The molecule has 0 fully saturated rings. The van der Waals surface area contributed by atoms with Gasteiger partial charge in [-0.25, -0.2) is 9.97 Å². The fraction of sp³-hybridized carbons (Fsp3) is 0.0714. The van der Waals surface area contributed by atoms with E-state index in [-0.39, 0.29) is 5.91 Å². The summed E-state index contributed by atoms with van der Waals surface area (Å²) in [4.78, 5) is 35.9. The Morgan fingerprint density at radius 1 is 0.943 bits per heavy atom. The van der Waals surface area contributed by atoms with Gasteiger partial charge in [-0.3, -0.25) is 9.59 Å². The molecule has 0 atom stereocenters. The second kappa shape index (κ2) is 10.5. The average molecular weight is 465 g/mol. The monoisotopic (exact) mass is 464 g/mol. The number of hydrogen-bond donors (Lipinski definition) is 3. The number of benzene rings is 3. The van der Waals surface area contributed by atoms with Crippen LogP contribution in [-0.2, 0) is 0 Å². The first-order valence-electron chi connectivity index (χ1n) is 10.9. The van der Waals surface area contributed by atoms with Crippen molar-refractivity contribution in [3.8, 4) is 22.5 Å². The molecule has 5 aromatic rings. The maximum atomic E-state index is 12.7. The molecule has 174 valence electrons. The number of aliphatic hydroxyl groups is 1. The highest BCUT2D eigenvalue weighted by atomic mass is 16.2. The molecule has 2 heterocycles. The number of aromatic amines is 1. The third kappa shape index (κ3) is 4.85. The van der Waals surface area contributed by atoms with Gasteiger partial charge < -0.3 is 15.4 Å². The van der Waals surface area contributed by atoms with Crippen LogP contribution in [0.3, 0.4) is 0 Å². The number of nitrogens with zero attached hydrogens (tertiary/aromatic N) is 2. The van der Waals surface area contributed by atoms with E-state index < -0.39 is 0 Å². The largest absolute Gasteiger partial charge is 0.400 e. The summed E-state index contributed by atoms with van der Waals surface area (Å²) in [7, 11) is 1.00. The third-order valence-corrected chi connectivity index (χ3v) is 5.66. The Morgan fingerprint density at radius 3 is 2.40 bits per heavy atom. The number of hydrogen-bond acceptors (Lipinski definition) is 5. The fourth-order valence-electron chi connectivity index (χ4n) is 3.86. The van der Waals surface area contributed by atoms with Crippen LogP contribution in [0.2, 0.25) is 0 Å². The van der Waals surface area contributed by atoms with Gasteiger partial charge in [-0.15, -0.1) is 0 Å². The number of H-pyrrole nitrogens is 1. The molecule has 1 amide bonds. The summed E-state index contributed by atoms with van der Waals surface area (Å²) in [6, 6.07) is 24.3. The first-order valence-corrected chi connectivity index (χ1v) is 10.9. The quantitative estimate of drug-likeness (QED) is 0.307. The minimum Gasteiger partial charge on any atom is -0.400 e. The van der Waals surface area contributed by atoms with Crippen LogP contribution >= 0.6 is 0 Å². The molecule has 0 unspecified atom stereocenters. The van der Waals surface area contributed by atoms with E-state index in [0.29, 0.717) is 16.8 Å². The zero-order valence-corrected chi connectivity index (χ0v) is 19.3. The predicted molar refractivity (Wildman–Crippen MR) is 137 cm³/mol. The van der Waals surface area contributed by atoms with Gasteiger partial charge in [-0.1, -0.05) is 54.6 Å². The highest BCUT2D eigenvalue weighted by molar-refractivity contribution is 6.05. The van der Waals surface area contributed by atoms with Gasteiger partial charge in [-0.2, -0.15) is 0 Å². The van der Waals surface area contributed by atoms with E-state index in [2.05, 4.69) is 20.3 Å². The number of aldehydes is 1. The molecular weight excluding hydrogens is 440 g/mol. The summed E-state index contributed by atoms with van der Waals surface area (Å²) in [6.45, 7) is 1.97. The zero-order valence-electron chi connectivity index (χ0n) is 19.3. The maximum absolute atomic E-state index is 12.7. The number of rotatable bonds is 5. The van der Waals surface area contributed by atoms with E-state index >= 15 is 0 Å². The Bertz CT molecular complexity index is 1480. The van der Waals surface area contributed by atoms with E-state index in [1.807, 2.05) is 61.5 Å². The van der Waals surface area contributed by atoms with E-state index in [1.165, 1.54) is 6.33 Å². The summed E-state index contributed by atoms with van der Waals surface area (Å²) in [5, 5.41) is 10.9. The van der Waals surface area contributed by atoms with Gasteiger partial charge in [-0.05, 0) is 42.3 Å². The molecule has 0 saturated carbocycles. The second-order valence-electron chi connectivity index (χ2n) is 7.71. The molecule has 0 bridgehead atoms. The number of fused-ring (bicyclic) bond motifs is 1. The van der Waals surface area contributed by atoms with Gasteiger partial charge >= 0.3 is 0 Å². The van der Waals surface area contributed by atoms with Gasteiger partial charge in [0.05, 0.1) is 5.69 Å². The van der Waals surface area contributed by atoms with Gasteiger partial charge in [0, 0.05) is 40.6 Å². The lowest BCUT2D eigenvalue weighted by molar-refractivity contribution is 0.102.